The average Bonchev–Trinajstić information content (AvgIpc) is 3.12. The molecule has 1 aliphatic heterocycles. The molecule has 10 heteroatoms. The monoisotopic (exact) mass is 711 g/mol. The standard InChI is InChI=1S/C27H20BrClINO5S/c1-2-35-23-12-16(11-21(30)25(23)36-15-18-5-3-4-6-20(18)29)13-24-26(33)31(27(34)37-24)14-22(32)17-7-9-19(28)10-8-17/h3-13H,2,14-15H2,1H3/b24-13+. The second-order valence-electron chi connectivity index (χ2n) is 7.84. The van der Waals surface area contributed by atoms with Gasteiger partial charge in [0.25, 0.3) is 11.1 Å². The highest BCUT2D eigenvalue weighted by atomic mass is 127. The molecule has 1 fully saturated rings. The van der Waals surface area contributed by atoms with Gasteiger partial charge < -0.3 is 9.47 Å². The van der Waals surface area contributed by atoms with E-state index in [2.05, 4.69) is 38.5 Å². The molecule has 190 valence electrons. The summed E-state index contributed by atoms with van der Waals surface area (Å²) in [6.07, 6.45) is 1.62. The summed E-state index contributed by atoms with van der Waals surface area (Å²) in [5, 5.41) is 0.127. The Kier molecular flexibility index (Phi) is 9.33. The highest BCUT2D eigenvalue weighted by Crippen LogP contribution is 2.38. The van der Waals surface area contributed by atoms with Crippen LogP contribution in [0, 0.1) is 3.57 Å². The minimum atomic E-state index is -0.507. The molecule has 0 atom stereocenters. The summed E-state index contributed by atoms with van der Waals surface area (Å²) >= 11 is 12.5. The fraction of sp³-hybridized carbons (Fsp3) is 0.148. The van der Waals surface area contributed by atoms with Crippen molar-refractivity contribution in [3.05, 3.63) is 95.3 Å². The first kappa shape index (κ1) is 27.7. The number of Topliss-reactive ketones (excluding diaryl/α,β-unsaturated/α-hetero) is 1. The molecule has 0 N–H and O–H groups in total. The minimum Gasteiger partial charge on any atom is -0.490 e. The second kappa shape index (κ2) is 12.5. The fourth-order valence-electron chi connectivity index (χ4n) is 3.50. The van der Waals surface area contributed by atoms with Crippen LogP contribution in [0.25, 0.3) is 6.08 Å². The Labute approximate surface area is 245 Å². The molecule has 0 spiro atoms. The number of nitrogens with zero attached hydrogens (tertiary/aromatic N) is 1. The van der Waals surface area contributed by atoms with E-state index in [1.54, 1.807) is 42.5 Å². The van der Waals surface area contributed by atoms with Crippen LogP contribution in [-0.4, -0.2) is 35.0 Å². The SMILES string of the molecule is CCOc1cc(/C=C2/SC(=O)N(CC(=O)c3ccc(Br)cc3)C2=O)cc(I)c1OCc1ccccc1Cl. The molecule has 1 aliphatic rings. The number of hydrogen-bond acceptors (Lipinski definition) is 6. The lowest BCUT2D eigenvalue weighted by Gasteiger charge is -2.15. The predicted octanol–water partition coefficient (Wildman–Crippen LogP) is 7.60. The topological polar surface area (TPSA) is 72.9 Å². The van der Waals surface area contributed by atoms with Crippen LogP contribution >= 0.6 is 61.9 Å². The third-order valence-corrected chi connectivity index (χ3v) is 7.91. The van der Waals surface area contributed by atoms with Crippen LogP contribution in [0.4, 0.5) is 4.79 Å². The molecule has 0 saturated carbocycles. The van der Waals surface area contributed by atoms with Crippen molar-refractivity contribution < 1.29 is 23.9 Å². The third-order valence-electron chi connectivity index (χ3n) is 5.30. The van der Waals surface area contributed by atoms with E-state index >= 15 is 0 Å². The minimum absolute atomic E-state index is 0.233. The van der Waals surface area contributed by atoms with Gasteiger partial charge in [0, 0.05) is 20.6 Å². The number of ether oxygens (including phenoxy) is 2. The summed E-state index contributed by atoms with van der Waals surface area (Å²) in [4.78, 5) is 39.4. The zero-order chi connectivity index (χ0) is 26.5. The summed E-state index contributed by atoms with van der Waals surface area (Å²) in [6, 6.07) is 17.8. The van der Waals surface area contributed by atoms with E-state index in [1.165, 1.54) is 0 Å². The number of benzene rings is 3. The molecule has 2 amide bonds. The maximum absolute atomic E-state index is 13.0. The van der Waals surface area contributed by atoms with Crippen molar-refractivity contribution in [3.8, 4) is 11.5 Å². The highest BCUT2D eigenvalue weighted by molar-refractivity contribution is 14.1. The first-order valence-electron chi connectivity index (χ1n) is 11.1. The molecule has 0 radical (unpaired) electrons. The van der Waals surface area contributed by atoms with E-state index in [0.29, 0.717) is 34.3 Å². The Morgan fingerprint density at radius 2 is 1.84 bits per heavy atom. The quantitative estimate of drug-likeness (QED) is 0.129. The Balaban J connectivity index is 1.53. The first-order valence-corrected chi connectivity index (χ1v) is 14.2. The number of ketones is 1. The van der Waals surface area contributed by atoms with Crippen LogP contribution < -0.4 is 9.47 Å². The highest BCUT2D eigenvalue weighted by Gasteiger charge is 2.36. The predicted molar refractivity (Wildman–Crippen MR) is 157 cm³/mol. The molecule has 4 rings (SSSR count). The number of amides is 2. The average molecular weight is 713 g/mol. The van der Waals surface area contributed by atoms with Gasteiger partial charge in [0.1, 0.15) is 6.61 Å². The van der Waals surface area contributed by atoms with E-state index in [-0.39, 0.29) is 23.8 Å². The molecular formula is C27H20BrClINO5S. The number of hydrogen-bond donors (Lipinski definition) is 0. The molecule has 37 heavy (non-hydrogen) atoms. The lowest BCUT2D eigenvalue weighted by atomic mass is 10.1. The first-order chi connectivity index (χ1) is 17.8. The number of thioether (sulfide) groups is 1. The van der Waals surface area contributed by atoms with Crippen molar-refractivity contribution >= 4 is 84.9 Å². The Hall–Kier alpha value is -2.34. The number of halogens is 3. The summed E-state index contributed by atoms with van der Waals surface area (Å²) in [7, 11) is 0. The summed E-state index contributed by atoms with van der Waals surface area (Å²) in [5.74, 6) is 0.252. The Bertz CT molecular complexity index is 1400. The molecule has 0 unspecified atom stereocenters. The third kappa shape index (κ3) is 6.76. The lowest BCUT2D eigenvalue weighted by Crippen LogP contribution is -2.33. The van der Waals surface area contributed by atoms with Gasteiger partial charge >= 0.3 is 0 Å². The Morgan fingerprint density at radius 3 is 2.54 bits per heavy atom. The second-order valence-corrected chi connectivity index (χ2v) is 11.3. The van der Waals surface area contributed by atoms with Gasteiger partial charge in [-0.3, -0.25) is 19.3 Å². The van der Waals surface area contributed by atoms with Crippen molar-refractivity contribution in [1.29, 1.82) is 0 Å². The fourth-order valence-corrected chi connectivity index (χ4v) is 5.57. The summed E-state index contributed by atoms with van der Waals surface area (Å²) in [6.45, 7) is 2.22. The van der Waals surface area contributed by atoms with Crippen molar-refractivity contribution in [1.82, 2.24) is 4.90 Å². The number of imide groups is 1. The van der Waals surface area contributed by atoms with Crippen molar-refractivity contribution in [2.75, 3.05) is 13.2 Å². The van der Waals surface area contributed by atoms with E-state index in [0.717, 1.165) is 30.3 Å². The van der Waals surface area contributed by atoms with Gasteiger partial charge in [0.15, 0.2) is 17.3 Å². The van der Waals surface area contributed by atoms with Gasteiger partial charge in [-0.2, -0.15) is 0 Å². The van der Waals surface area contributed by atoms with E-state index in [4.69, 9.17) is 21.1 Å². The lowest BCUT2D eigenvalue weighted by molar-refractivity contribution is -0.122. The molecule has 6 nitrogen and oxygen atoms in total. The van der Waals surface area contributed by atoms with Gasteiger partial charge in [0.2, 0.25) is 0 Å². The van der Waals surface area contributed by atoms with Gasteiger partial charge in [0.05, 0.1) is 21.6 Å². The van der Waals surface area contributed by atoms with E-state index < -0.39 is 11.1 Å². The molecule has 1 saturated heterocycles. The molecule has 0 aliphatic carbocycles. The van der Waals surface area contributed by atoms with E-state index in [1.807, 2.05) is 31.2 Å². The largest absolute Gasteiger partial charge is 0.490 e. The molecule has 3 aromatic carbocycles. The zero-order valence-electron chi connectivity index (χ0n) is 19.5. The molecule has 0 bridgehead atoms. The molecular weight excluding hydrogens is 693 g/mol. The smallest absolute Gasteiger partial charge is 0.293 e. The molecule has 1 heterocycles. The zero-order valence-corrected chi connectivity index (χ0v) is 24.8. The maximum atomic E-state index is 13.0. The van der Waals surface area contributed by atoms with Gasteiger partial charge in [-0.1, -0.05) is 57.9 Å². The maximum Gasteiger partial charge on any atom is 0.293 e. The number of carbonyl (C=O) groups is 3. The van der Waals surface area contributed by atoms with Gasteiger partial charge in [-0.25, -0.2) is 0 Å². The van der Waals surface area contributed by atoms with Gasteiger partial charge in [-0.15, -0.1) is 0 Å². The van der Waals surface area contributed by atoms with Crippen LogP contribution in [0.15, 0.2) is 70.0 Å². The van der Waals surface area contributed by atoms with E-state index in [9.17, 15) is 14.4 Å². The number of rotatable bonds is 9. The van der Waals surface area contributed by atoms with Gasteiger partial charge in [-0.05, 0) is 83.2 Å². The van der Waals surface area contributed by atoms with Crippen LogP contribution in [0.5, 0.6) is 11.5 Å². The van der Waals surface area contributed by atoms with Crippen LogP contribution in [0.2, 0.25) is 5.02 Å². The summed E-state index contributed by atoms with van der Waals surface area (Å²) < 4.78 is 13.5. The molecule has 0 aromatic heterocycles. The van der Waals surface area contributed by atoms with Crippen molar-refractivity contribution in [2.24, 2.45) is 0 Å². The van der Waals surface area contributed by atoms with Crippen LogP contribution in [0.1, 0.15) is 28.4 Å². The molecule has 3 aromatic rings. The summed E-state index contributed by atoms with van der Waals surface area (Å²) in [5.41, 5.74) is 1.94. The number of carbonyl (C=O) groups excluding carboxylic acids is 3. The normalized spacial score (nSPS) is 14.4. The van der Waals surface area contributed by atoms with Crippen molar-refractivity contribution in [3.63, 3.8) is 0 Å². The van der Waals surface area contributed by atoms with Crippen LogP contribution in [0.3, 0.4) is 0 Å². The van der Waals surface area contributed by atoms with Crippen LogP contribution in [-0.2, 0) is 11.4 Å². The Morgan fingerprint density at radius 1 is 1.11 bits per heavy atom. The van der Waals surface area contributed by atoms with Crippen molar-refractivity contribution in [2.45, 2.75) is 13.5 Å².